The summed E-state index contributed by atoms with van der Waals surface area (Å²) in [5.74, 6) is -0.417. The number of fused-ring (bicyclic) bond motifs is 1. The molecule has 3 aromatic rings. The monoisotopic (exact) mass is 475 g/mol. The van der Waals surface area contributed by atoms with E-state index in [2.05, 4.69) is 6.07 Å². The molecule has 0 saturated heterocycles. The number of esters is 1. The molecule has 2 heterocycles. The van der Waals surface area contributed by atoms with Gasteiger partial charge in [0, 0.05) is 0 Å². The maximum absolute atomic E-state index is 13.3. The van der Waals surface area contributed by atoms with E-state index in [9.17, 15) is 14.9 Å². The summed E-state index contributed by atoms with van der Waals surface area (Å²) in [6.45, 7) is 0. The van der Waals surface area contributed by atoms with Crippen molar-refractivity contribution in [3.8, 4) is 17.6 Å². The molecule has 1 aromatic heterocycles. The number of rotatable bonds is 5. The molecule has 9 heteroatoms. The van der Waals surface area contributed by atoms with Crippen LogP contribution in [0.25, 0.3) is 17.5 Å². The molecule has 0 bridgehead atoms. The Labute approximate surface area is 199 Å². The van der Waals surface area contributed by atoms with E-state index < -0.39 is 17.4 Å². The first-order valence-electron chi connectivity index (χ1n) is 10.2. The van der Waals surface area contributed by atoms with Gasteiger partial charge < -0.3 is 19.9 Å². The van der Waals surface area contributed by atoms with Crippen LogP contribution in [0.4, 0.5) is 0 Å². The number of hydrogen-bond acceptors (Lipinski definition) is 8. The number of carbonyl (C=O) groups is 1. The molecule has 0 aliphatic carbocycles. The number of nitrogens with zero attached hydrogens (tertiary/aromatic N) is 2. The number of methoxy groups -OCH3 is 3. The van der Waals surface area contributed by atoms with E-state index >= 15 is 0 Å². The molecule has 0 amide bonds. The predicted octanol–water partition coefficient (Wildman–Crippen LogP) is 1.53. The average molecular weight is 476 g/mol. The van der Waals surface area contributed by atoms with Crippen molar-refractivity contribution in [1.82, 2.24) is 4.57 Å². The Morgan fingerprint density at radius 1 is 1.12 bits per heavy atom. The van der Waals surface area contributed by atoms with Crippen molar-refractivity contribution in [3.05, 3.63) is 84.8 Å². The van der Waals surface area contributed by atoms with Crippen molar-refractivity contribution >= 4 is 34.8 Å². The smallest absolute Gasteiger partial charge is 0.338 e. The number of thiazole rings is 1. The van der Waals surface area contributed by atoms with Crippen LogP contribution in [0.1, 0.15) is 17.0 Å². The van der Waals surface area contributed by atoms with Crippen LogP contribution in [0.2, 0.25) is 0 Å². The van der Waals surface area contributed by atoms with Crippen LogP contribution in [0.15, 0.2) is 58.9 Å². The summed E-state index contributed by atoms with van der Waals surface area (Å²) in [5.41, 5.74) is 7.56. The number of nitriles is 1. The molecule has 2 N–H and O–H groups in total. The van der Waals surface area contributed by atoms with Gasteiger partial charge in [0.2, 0.25) is 0 Å². The average Bonchev–Trinajstić information content (AvgIpc) is 3.19. The Morgan fingerprint density at radius 3 is 2.44 bits per heavy atom. The molecule has 0 spiro atoms. The van der Waals surface area contributed by atoms with Crippen molar-refractivity contribution in [3.63, 3.8) is 0 Å². The van der Waals surface area contributed by atoms with Crippen LogP contribution in [0, 0.1) is 11.3 Å². The Morgan fingerprint density at radius 2 is 1.79 bits per heavy atom. The summed E-state index contributed by atoms with van der Waals surface area (Å²) in [6, 6.07) is 16.4. The molecule has 2 aromatic carbocycles. The molecule has 172 valence electrons. The molecule has 0 fully saturated rings. The predicted molar refractivity (Wildman–Crippen MR) is 129 cm³/mol. The van der Waals surface area contributed by atoms with Crippen molar-refractivity contribution in [2.75, 3.05) is 21.3 Å². The van der Waals surface area contributed by atoms with Gasteiger partial charge in [-0.15, -0.1) is 11.3 Å². The summed E-state index contributed by atoms with van der Waals surface area (Å²) in [5, 5.41) is 10.1. The van der Waals surface area contributed by atoms with Gasteiger partial charge in [0.15, 0.2) is 0 Å². The highest BCUT2D eigenvalue weighted by molar-refractivity contribution is 7.07. The normalized spacial score (nSPS) is 15.5. The molecular weight excluding hydrogens is 454 g/mol. The summed E-state index contributed by atoms with van der Waals surface area (Å²) < 4.78 is 17.5. The Kier molecular flexibility index (Phi) is 6.25. The van der Waals surface area contributed by atoms with Crippen molar-refractivity contribution < 1.29 is 19.0 Å². The number of nitrogens with two attached hydrogens (primary N) is 1. The van der Waals surface area contributed by atoms with E-state index in [-0.39, 0.29) is 17.0 Å². The molecule has 0 saturated carbocycles. The van der Waals surface area contributed by atoms with E-state index in [1.165, 1.54) is 18.8 Å². The van der Waals surface area contributed by atoms with Crippen LogP contribution < -0.4 is 30.0 Å². The Hall–Kier alpha value is -4.29. The third kappa shape index (κ3) is 3.84. The first-order valence-corrected chi connectivity index (χ1v) is 11.0. The van der Waals surface area contributed by atoms with Gasteiger partial charge in [0.05, 0.1) is 49.0 Å². The van der Waals surface area contributed by atoms with Crippen LogP contribution in [0.5, 0.6) is 11.5 Å². The van der Waals surface area contributed by atoms with Crippen molar-refractivity contribution in [1.29, 1.82) is 5.26 Å². The lowest BCUT2D eigenvalue weighted by Crippen LogP contribution is -2.40. The summed E-state index contributed by atoms with van der Waals surface area (Å²) in [7, 11) is 4.31. The van der Waals surface area contributed by atoms with Crippen LogP contribution >= 0.6 is 11.3 Å². The molecule has 1 aliphatic rings. The SMILES string of the molecule is COC(=O)C1=C(N)n2c(s/c(=C\c3cccc(OC)c3)c2=O)=C(C#N)[C@H]1c1cccc(OC)c1. The van der Waals surface area contributed by atoms with E-state index in [0.29, 0.717) is 26.3 Å². The van der Waals surface area contributed by atoms with Gasteiger partial charge in [0.25, 0.3) is 5.56 Å². The van der Waals surface area contributed by atoms with Gasteiger partial charge in [-0.1, -0.05) is 24.3 Å². The zero-order valence-corrected chi connectivity index (χ0v) is 19.5. The molecule has 4 rings (SSSR count). The van der Waals surface area contributed by atoms with Gasteiger partial charge in [-0.2, -0.15) is 5.26 Å². The van der Waals surface area contributed by atoms with Crippen LogP contribution in [-0.2, 0) is 9.53 Å². The summed E-state index contributed by atoms with van der Waals surface area (Å²) in [4.78, 5) is 26.2. The van der Waals surface area contributed by atoms with Crippen LogP contribution in [-0.4, -0.2) is 31.9 Å². The number of carbonyl (C=O) groups excluding carboxylic acids is 1. The molecule has 1 aliphatic heterocycles. The van der Waals surface area contributed by atoms with Gasteiger partial charge in [-0.05, 0) is 41.5 Å². The molecular formula is C25H21N3O5S. The highest BCUT2D eigenvalue weighted by atomic mass is 32.1. The molecule has 8 nitrogen and oxygen atoms in total. The third-order valence-electron chi connectivity index (χ3n) is 5.49. The largest absolute Gasteiger partial charge is 0.497 e. The van der Waals surface area contributed by atoms with Gasteiger partial charge >= 0.3 is 5.97 Å². The number of aromatic nitrogens is 1. The summed E-state index contributed by atoms with van der Waals surface area (Å²) >= 11 is 1.13. The third-order valence-corrected chi connectivity index (χ3v) is 6.60. The van der Waals surface area contributed by atoms with Gasteiger partial charge in [-0.3, -0.25) is 9.36 Å². The van der Waals surface area contributed by atoms with Gasteiger partial charge in [-0.25, -0.2) is 4.79 Å². The zero-order chi connectivity index (χ0) is 24.4. The van der Waals surface area contributed by atoms with Crippen molar-refractivity contribution in [2.24, 2.45) is 5.73 Å². The van der Waals surface area contributed by atoms with E-state index in [1.54, 1.807) is 49.6 Å². The fourth-order valence-electron chi connectivity index (χ4n) is 3.90. The minimum absolute atomic E-state index is 0.0210. The lowest BCUT2D eigenvalue weighted by Gasteiger charge is -2.25. The molecule has 0 radical (unpaired) electrons. The topological polar surface area (TPSA) is 117 Å². The first-order chi connectivity index (χ1) is 16.4. The standard InChI is InChI=1S/C25H21N3O5S/c1-31-16-8-4-6-14(10-16)11-19-23(29)28-22(27)21(25(30)33-3)20(18(13-26)24(28)34-19)15-7-5-9-17(12-15)32-2/h4-12,20H,27H2,1-3H3/b19-11-/t20-/m1/s1. The maximum atomic E-state index is 13.3. The maximum Gasteiger partial charge on any atom is 0.338 e. The van der Waals surface area contributed by atoms with E-state index in [4.69, 9.17) is 19.9 Å². The Bertz CT molecular complexity index is 1540. The minimum Gasteiger partial charge on any atom is -0.497 e. The molecule has 1 atom stereocenters. The second-order valence-electron chi connectivity index (χ2n) is 7.36. The molecule has 0 unspecified atom stereocenters. The molecule has 34 heavy (non-hydrogen) atoms. The first kappa shape index (κ1) is 22.9. The fourth-order valence-corrected chi connectivity index (χ4v) is 5.03. The second kappa shape index (κ2) is 9.29. The van der Waals surface area contributed by atoms with E-state index in [1.807, 2.05) is 12.1 Å². The quantitative estimate of drug-likeness (QED) is 0.556. The lowest BCUT2D eigenvalue weighted by atomic mass is 9.83. The lowest BCUT2D eigenvalue weighted by molar-refractivity contribution is -0.136. The minimum atomic E-state index is -0.824. The Balaban J connectivity index is 2.06. The van der Waals surface area contributed by atoms with E-state index in [0.717, 1.165) is 16.9 Å². The van der Waals surface area contributed by atoms with Crippen LogP contribution in [0.3, 0.4) is 0 Å². The number of benzene rings is 2. The fraction of sp³-hybridized carbons (Fsp3) is 0.160. The highest BCUT2D eigenvalue weighted by Crippen LogP contribution is 2.37. The highest BCUT2D eigenvalue weighted by Gasteiger charge is 2.36. The number of ether oxygens (including phenoxy) is 3. The zero-order valence-electron chi connectivity index (χ0n) is 18.7. The second-order valence-corrected chi connectivity index (χ2v) is 8.39. The van der Waals surface area contributed by atoms with Gasteiger partial charge in [0.1, 0.15) is 22.0 Å². The van der Waals surface area contributed by atoms with Crippen molar-refractivity contribution in [2.45, 2.75) is 5.92 Å². The summed E-state index contributed by atoms with van der Waals surface area (Å²) in [6.07, 6.45) is 1.70. The number of hydrogen-bond donors (Lipinski definition) is 1.